The van der Waals surface area contributed by atoms with E-state index in [1.165, 1.54) is 24.0 Å². The number of hydrogen-bond acceptors (Lipinski definition) is 2. The normalized spacial score (nSPS) is 22.5. The van der Waals surface area contributed by atoms with Gasteiger partial charge in [0.2, 0.25) is 0 Å². The molecule has 0 amide bonds. The Bertz CT molecular complexity index is 383. The molecule has 2 rings (SSSR count). The van der Waals surface area contributed by atoms with Crippen molar-refractivity contribution in [2.75, 3.05) is 13.2 Å². The summed E-state index contributed by atoms with van der Waals surface area (Å²) < 4.78 is 5.54. The second-order valence-electron chi connectivity index (χ2n) is 6.01. The summed E-state index contributed by atoms with van der Waals surface area (Å²) in [5, 5.41) is 3.63. The van der Waals surface area contributed by atoms with Crippen molar-refractivity contribution in [2.45, 2.75) is 58.1 Å². The van der Waals surface area contributed by atoms with E-state index in [2.05, 4.69) is 50.4 Å². The molecule has 0 aromatic heterocycles. The number of aryl methyl sites for hydroxylation is 1. The van der Waals surface area contributed by atoms with Gasteiger partial charge in [-0.15, -0.1) is 0 Å². The Balaban J connectivity index is 1.59. The number of ether oxygens (including phenoxy) is 1. The van der Waals surface area contributed by atoms with Gasteiger partial charge in [0.15, 0.2) is 0 Å². The zero-order valence-electron chi connectivity index (χ0n) is 12.5. The highest BCUT2D eigenvalue weighted by molar-refractivity contribution is 5.27. The molecule has 1 saturated carbocycles. The van der Waals surface area contributed by atoms with Gasteiger partial charge in [0.1, 0.15) is 0 Å². The summed E-state index contributed by atoms with van der Waals surface area (Å²) in [4.78, 5) is 0. The maximum atomic E-state index is 5.54. The predicted octanol–water partition coefficient (Wildman–Crippen LogP) is 3.65. The molecule has 1 N–H and O–H groups in total. The van der Waals surface area contributed by atoms with Crippen molar-refractivity contribution in [1.82, 2.24) is 5.32 Å². The Morgan fingerprint density at radius 1 is 1.32 bits per heavy atom. The van der Waals surface area contributed by atoms with Crippen LogP contribution in [0.5, 0.6) is 0 Å². The summed E-state index contributed by atoms with van der Waals surface area (Å²) in [6.45, 7) is 8.31. The van der Waals surface area contributed by atoms with Crippen LogP contribution < -0.4 is 5.32 Å². The Hall–Kier alpha value is -0.860. The smallest absolute Gasteiger partial charge is 0.0518 e. The number of nitrogens with one attached hydrogen (secondary N) is 1. The molecule has 1 aromatic rings. The van der Waals surface area contributed by atoms with E-state index in [1.807, 2.05) is 0 Å². The fourth-order valence-corrected chi connectivity index (χ4v) is 2.68. The average Bonchev–Trinajstić information content (AvgIpc) is 2.30. The van der Waals surface area contributed by atoms with E-state index in [9.17, 15) is 0 Å². The molecular weight excluding hydrogens is 234 g/mol. The van der Waals surface area contributed by atoms with E-state index in [0.717, 1.165) is 25.5 Å². The van der Waals surface area contributed by atoms with Crippen molar-refractivity contribution >= 4 is 0 Å². The molecule has 0 bridgehead atoms. The van der Waals surface area contributed by atoms with Crippen LogP contribution in [0.3, 0.4) is 0 Å². The van der Waals surface area contributed by atoms with Crippen LogP contribution in [0, 0.1) is 6.92 Å². The van der Waals surface area contributed by atoms with E-state index in [4.69, 9.17) is 4.74 Å². The highest BCUT2D eigenvalue weighted by Gasteiger charge is 2.29. The first-order valence-electron chi connectivity index (χ1n) is 7.56. The van der Waals surface area contributed by atoms with Crippen LogP contribution >= 0.6 is 0 Å². The zero-order chi connectivity index (χ0) is 13.7. The van der Waals surface area contributed by atoms with Gasteiger partial charge in [-0.25, -0.2) is 0 Å². The largest absolute Gasteiger partial charge is 0.379 e. The highest BCUT2D eigenvalue weighted by atomic mass is 16.5. The number of hydrogen-bond donors (Lipinski definition) is 1. The van der Waals surface area contributed by atoms with E-state index in [1.54, 1.807) is 0 Å². The predicted molar refractivity (Wildman–Crippen MR) is 80.6 cm³/mol. The minimum Gasteiger partial charge on any atom is -0.379 e. The molecular formula is C17H27NO. The molecule has 1 aliphatic rings. The van der Waals surface area contributed by atoms with Gasteiger partial charge in [-0.2, -0.15) is 0 Å². The molecule has 0 saturated heterocycles. The first-order valence-corrected chi connectivity index (χ1v) is 7.56. The molecule has 2 nitrogen and oxygen atoms in total. The van der Waals surface area contributed by atoms with Crippen LogP contribution in [0.2, 0.25) is 0 Å². The average molecular weight is 261 g/mol. The Labute approximate surface area is 117 Å². The Kier molecular flexibility index (Phi) is 5.41. The van der Waals surface area contributed by atoms with Crippen molar-refractivity contribution in [2.24, 2.45) is 0 Å². The van der Waals surface area contributed by atoms with E-state index >= 15 is 0 Å². The second-order valence-corrected chi connectivity index (χ2v) is 6.01. The minimum atomic E-state index is 0.356. The van der Waals surface area contributed by atoms with E-state index < -0.39 is 0 Å². The van der Waals surface area contributed by atoms with Crippen molar-refractivity contribution in [3.8, 4) is 0 Å². The molecule has 0 unspecified atom stereocenters. The van der Waals surface area contributed by atoms with Gasteiger partial charge >= 0.3 is 0 Å². The molecule has 0 radical (unpaired) electrons. The van der Waals surface area contributed by atoms with Crippen LogP contribution in [-0.4, -0.2) is 25.3 Å². The molecule has 1 aromatic carbocycles. The quantitative estimate of drug-likeness (QED) is 0.757. The van der Waals surface area contributed by atoms with Crippen LogP contribution in [0.4, 0.5) is 0 Å². The lowest BCUT2D eigenvalue weighted by Crippen LogP contribution is -2.40. The SMILES string of the molecule is Cc1cccc(C2CC(NCCCOC(C)C)C2)c1. The molecule has 0 atom stereocenters. The molecule has 2 heteroatoms. The van der Waals surface area contributed by atoms with Crippen molar-refractivity contribution < 1.29 is 4.74 Å². The van der Waals surface area contributed by atoms with Crippen LogP contribution in [0.25, 0.3) is 0 Å². The fraction of sp³-hybridized carbons (Fsp3) is 0.647. The molecule has 0 heterocycles. The lowest BCUT2D eigenvalue weighted by molar-refractivity contribution is 0.0760. The maximum absolute atomic E-state index is 5.54. The van der Waals surface area contributed by atoms with E-state index in [0.29, 0.717) is 12.1 Å². The summed E-state index contributed by atoms with van der Waals surface area (Å²) in [7, 11) is 0. The van der Waals surface area contributed by atoms with Gasteiger partial charge in [-0.05, 0) is 58.1 Å². The highest BCUT2D eigenvalue weighted by Crippen LogP contribution is 2.36. The molecule has 1 aliphatic carbocycles. The lowest BCUT2D eigenvalue weighted by atomic mass is 9.75. The summed E-state index contributed by atoms with van der Waals surface area (Å²) in [6.07, 6.45) is 4.04. The molecule has 106 valence electrons. The van der Waals surface area contributed by atoms with Crippen molar-refractivity contribution in [1.29, 1.82) is 0 Å². The first-order chi connectivity index (χ1) is 9.15. The van der Waals surface area contributed by atoms with Gasteiger partial charge in [-0.3, -0.25) is 0 Å². The summed E-state index contributed by atoms with van der Waals surface area (Å²) in [5.41, 5.74) is 2.89. The zero-order valence-corrected chi connectivity index (χ0v) is 12.5. The molecule has 19 heavy (non-hydrogen) atoms. The summed E-state index contributed by atoms with van der Waals surface area (Å²) >= 11 is 0. The topological polar surface area (TPSA) is 21.3 Å². The molecule has 0 aliphatic heterocycles. The minimum absolute atomic E-state index is 0.356. The van der Waals surface area contributed by atoms with Crippen molar-refractivity contribution in [3.05, 3.63) is 35.4 Å². The third-order valence-electron chi connectivity index (χ3n) is 3.86. The third-order valence-corrected chi connectivity index (χ3v) is 3.86. The van der Waals surface area contributed by atoms with Crippen LogP contribution in [-0.2, 0) is 4.74 Å². The fourth-order valence-electron chi connectivity index (χ4n) is 2.68. The number of rotatable bonds is 7. The molecule has 1 fully saturated rings. The third kappa shape index (κ3) is 4.63. The van der Waals surface area contributed by atoms with Crippen LogP contribution in [0.1, 0.15) is 50.2 Å². The standard InChI is InChI=1S/C17H27NO/c1-13(2)19-9-5-8-18-17-11-16(12-17)15-7-4-6-14(3)10-15/h4,6-7,10,13,16-18H,5,8-9,11-12H2,1-3H3. The van der Waals surface area contributed by atoms with Gasteiger partial charge in [0.05, 0.1) is 6.10 Å². The summed E-state index contributed by atoms with van der Waals surface area (Å²) in [5.74, 6) is 0.768. The Morgan fingerprint density at radius 3 is 2.79 bits per heavy atom. The monoisotopic (exact) mass is 261 g/mol. The van der Waals surface area contributed by atoms with Gasteiger partial charge < -0.3 is 10.1 Å². The van der Waals surface area contributed by atoms with E-state index in [-0.39, 0.29) is 0 Å². The second kappa shape index (κ2) is 7.06. The van der Waals surface area contributed by atoms with Gasteiger partial charge in [-0.1, -0.05) is 29.8 Å². The molecule has 0 spiro atoms. The number of benzene rings is 1. The van der Waals surface area contributed by atoms with Crippen LogP contribution in [0.15, 0.2) is 24.3 Å². The Morgan fingerprint density at radius 2 is 2.11 bits per heavy atom. The van der Waals surface area contributed by atoms with Gasteiger partial charge in [0, 0.05) is 12.6 Å². The maximum Gasteiger partial charge on any atom is 0.0518 e. The van der Waals surface area contributed by atoms with Gasteiger partial charge in [0.25, 0.3) is 0 Å². The first kappa shape index (κ1) is 14.5. The summed E-state index contributed by atoms with van der Waals surface area (Å²) in [6, 6.07) is 9.66. The lowest BCUT2D eigenvalue weighted by Gasteiger charge is -2.36. The van der Waals surface area contributed by atoms with Crippen molar-refractivity contribution in [3.63, 3.8) is 0 Å².